The molecule has 0 aromatic heterocycles. The van der Waals surface area contributed by atoms with Crippen LogP contribution in [0, 0.1) is 0 Å². The molecule has 0 rings (SSSR count). The maximum Gasteiger partial charge on any atom is 0.195 e. The SMILES string of the molecule is C=NC(C)(C)CCCCCCN=C(N)NC(N)=NC(C)(C)CCCCCCN. The molecule has 0 aliphatic heterocycles. The lowest BCUT2D eigenvalue weighted by molar-refractivity contribution is 0.445. The van der Waals surface area contributed by atoms with Gasteiger partial charge in [-0.2, -0.15) is 0 Å². The largest absolute Gasteiger partial charge is 0.370 e. The van der Waals surface area contributed by atoms with E-state index >= 15 is 0 Å². The van der Waals surface area contributed by atoms with Crippen molar-refractivity contribution in [2.75, 3.05) is 13.1 Å². The van der Waals surface area contributed by atoms with Crippen LogP contribution >= 0.6 is 0 Å². The monoisotopic (exact) mass is 395 g/mol. The summed E-state index contributed by atoms with van der Waals surface area (Å²) in [4.78, 5) is 13.0. The first kappa shape index (κ1) is 26.4. The van der Waals surface area contributed by atoms with Crippen LogP contribution in [0.5, 0.6) is 0 Å². The third kappa shape index (κ3) is 15.4. The summed E-state index contributed by atoms with van der Waals surface area (Å²) in [5, 5.41) is 2.90. The number of hydrogen-bond acceptors (Lipinski definition) is 4. The van der Waals surface area contributed by atoms with Crippen molar-refractivity contribution in [1.82, 2.24) is 5.32 Å². The van der Waals surface area contributed by atoms with Crippen LogP contribution in [0.3, 0.4) is 0 Å². The average Bonchev–Trinajstić information content (AvgIpc) is 2.60. The minimum absolute atomic E-state index is 0.0123. The summed E-state index contributed by atoms with van der Waals surface area (Å²) in [5.41, 5.74) is 17.2. The van der Waals surface area contributed by atoms with Crippen molar-refractivity contribution in [3.63, 3.8) is 0 Å². The fourth-order valence-electron chi connectivity index (χ4n) is 2.94. The summed E-state index contributed by atoms with van der Waals surface area (Å²) in [7, 11) is 0. The first-order valence-electron chi connectivity index (χ1n) is 10.7. The Morgan fingerprint density at radius 1 is 0.786 bits per heavy atom. The highest BCUT2D eigenvalue weighted by Crippen LogP contribution is 2.19. The van der Waals surface area contributed by atoms with E-state index in [-0.39, 0.29) is 11.1 Å². The van der Waals surface area contributed by atoms with Gasteiger partial charge >= 0.3 is 0 Å². The number of nitrogens with two attached hydrogens (primary N) is 3. The molecule has 0 bridgehead atoms. The summed E-state index contributed by atoms with van der Waals surface area (Å²) in [6, 6.07) is 0. The quantitative estimate of drug-likeness (QED) is 0.193. The molecule has 0 fully saturated rings. The normalized spacial score (nSPS) is 13.6. The lowest BCUT2D eigenvalue weighted by Crippen LogP contribution is -2.43. The zero-order valence-corrected chi connectivity index (χ0v) is 18.8. The van der Waals surface area contributed by atoms with Gasteiger partial charge in [0.25, 0.3) is 0 Å². The van der Waals surface area contributed by atoms with Crippen LogP contribution < -0.4 is 22.5 Å². The third-order valence-electron chi connectivity index (χ3n) is 4.83. The molecule has 28 heavy (non-hydrogen) atoms. The van der Waals surface area contributed by atoms with Crippen LogP contribution in [-0.4, -0.2) is 42.8 Å². The van der Waals surface area contributed by atoms with Crippen molar-refractivity contribution in [2.24, 2.45) is 32.2 Å². The molecule has 0 aromatic rings. The van der Waals surface area contributed by atoms with Crippen LogP contribution in [0.4, 0.5) is 0 Å². The zero-order chi connectivity index (χ0) is 21.5. The third-order valence-corrected chi connectivity index (χ3v) is 4.83. The van der Waals surface area contributed by atoms with Crippen molar-refractivity contribution in [1.29, 1.82) is 0 Å². The van der Waals surface area contributed by atoms with Gasteiger partial charge < -0.3 is 17.2 Å². The van der Waals surface area contributed by atoms with Gasteiger partial charge in [0.2, 0.25) is 0 Å². The minimum atomic E-state index is -0.214. The molecule has 0 aliphatic carbocycles. The van der Waals surface area contributed by atoms with Crippen LogP contribution in [0.25, 0.3) is 0 Å². The van der Waals surface area contributed by atoms with E-state index in [0.717, 1.165) is 51.5 Å². The Morgan fingerprint density at radius 3 is 1.89 bits per heavy atom. The molecular weight excluding hydrogens is 350 g/mol. The standard InChI is InChI=1S/C21H45N7/c1-20(2,25-5)14-10-7-9-13-17-26-18(23)27-19(24)28-21(3,4)15-11-6-8-12-16-22/h5-17,22H2,1-4H3,(H5,23,24,26,27,28). The van der Waals surface area contributed by atoms with E-state index in [9.17, 15) is 0 Å². The Kier molecular flexibility index (Phi) is 13.5. The van der Waals surface area contributed by atoms with Crippen molar-refractivity contribution in [2.45, 2.75) is 103 Å². The number of unbranched alkanes of at least 4 members (excludes halogenated alkanes) is 6. The van der Waals surface area contributed by atoms with E-state index in [1.165, 1.54) is 19.3 Å². The summed E-state index contributed by atoms with van der Waals surface area (Å²) in [6.45, 7) is 13.5. The van der Waals surface area contributed by atoms with Gasteiger partial charge in [0.05, 0.1) is 11.1 Å². The molecule has 0 saturated carbocycles. The predicted molar refractivity (Wildman–Crippen MR) is 124 cm³/mol. The number of rotatable bonds is 15. The van der Waals surface area contributed by atoms with Gasteiger partial charge in [0.1, 0.15) is 0 Å². The number of nitrogens with zero attached hydrogens (tertiary/aromatic N) is 3. The van der Waals surface area contributed by atoms with Gasteiger partial charge in [0.15, 0.2) is 11.9 Å². The number of hydrogen-bond donors (Lipinski definition) is 4. The van der Waals surface area contributed by atoms with Crippen molar-refractivity contribution in [3.8, 4) is 0 Å². The first-order valence-corrected chi connectivity index (χ1v) is 10.7. The van der Waals surface area contributed by atoms with Gasteiger partial charge in [-0.3, -0.25) is 15.3 Å². The minimum Gasteiger partial charge on any atom is -0.370 e. The molecule has 0 atom stereocenters. The highest BCUT2D eigenvalue weighted by Gasteiger charge is 2.16. The van der Waals surface area contributed by atoms with Gasteiger partial charge in [-0.05, 0) is 66.6 Å². The smallest absolute Gasteiger partial charge is 0.195 e. The fourth-order valence-corrected chi connectivity index (χ4v) is 2.94. The highest BCUT2D eigenvalue weighted by molar-refractivity contribution is 5.97. The summed E-state index contributed by atoms with van der Waals surface area (Å²) in [6.07, 6.45) is 11.1. The Bertz CT molecular complexity index is 481. The number of nitrogens with one attached hydrogen (secondary N) is 1. The summed E-state index contributed by atoms with van der Waals surface area (Å²) >= 11 is 0. The highest BCUT2D eigenvalue weighted by atomic mass is 15.2. The molecule has 7 N–H and O–H groups in total. The number of guanidine groups is 2. The average molecular weight is 396 g/mol. The van der Waals surface area contributed by atoms with Crippen LogP contribution in [0.2, 0.25) is 0 Å². The molecule has 0 aromatic carbocycles. The van der Waals surface area contributed by atoms with E-state index in [1.807, 2.05) is 0 Å². The van der Waals surface area contributed by atoms with E-state index in [2.05, 4.69) is 54.7 Å². The predicted octanol–water partition coefficient (Wildman–Crippen LogP) is 3.32. The molecule has 0 saturated heterocycles. The Morgan fingerprint density at radius 2 is 1.32 bits per heavy atom. The molecule has 0 unspecified atom stereocenters. The van der Waals surface area contributed by atoms with Gasteiger partial charge in [0, 0.05) is 6.54 Å². The van der Waals surface area contributed by atoms with Crippen molar-refractivity contribution >= 4 is 18.6 Å². The van der Waals surface area contributed by atoms with Gasteiger partial charge in [-0.25, -0.2) is 4.99 Å². The first-order chi connectivity index (χ1) is 13.1. The van der Waals surface area contributed by atoms with Crippen LogP contribution in [0.1, 0.15) is 91.9 Å². The maximum atomic E-state index is 5.98. The van der Waals surface area contributed by atoms with E-state index in [0.29, 0.717) is 18.5 Å². The molecule has 164 valence electrons. The second-order valence-corrected chi connectivity index (χ2v) is 8.79. The summed E-state index contributed by atoms with van der Waals surface area (Å²) in [5.74, 6) is 0.657. The van der Waals surface area contributed by atoms with Gasteiger partial charge in [-0.15, -0.1) is 0 Å². The Labute approximate surface area is 172 Å². The van der Waals surface area contributed by atoms with E-state index in [1.54, 1.807) is 0 Å². The van der Waals surface area contributed by atoms with Crippen LogP contribution in [0.15, 0.2) is 15.0 Å². The second-order valence-electron chi connectivity index (χ2n) is 8.79. The molecule has 0 spiro atoms. The topological polar surface area (TPSA) is 127 Å². The maximum absolute atomic E-state index is 5.98. The second kappa shape index (κ2) is 14.4. The summed E-state index contributed by atoms with van der Waals surface area (Å²) < 4.78 is 0. The van der Waals surface area contributed by atoms with Crippen LogP contribution in [-0.2, 0) is 0 Å². The zero-order valence-electron chi connectivity index (χ0n) is 18.8. The Balaban J connectivity index is 4.05. The molecule has 0 amide bonds. The van der Waals surface area contributed by atoms with E-state index < -0.39 is 0 Å². The molecule has 7 nitrogen and oxygen atoms in total. The molecular formula is C21H45N7. The van der Waals surface area contributed by atoms with Crippen molar-refractivity contribution < 1.29 is 0 Å². The number of aliphatic imine (C=N–C) groups is 3. The fraction of sp³-hybridized carbons (Fsp3) is 0.857. The molecule has 0 radical (unpaired) electrons. The lowest BCUT2D eigenvalue weighted by Gasteiger charge is -2.20. The van der Waals surface area contributed by atoms with Gasteiger partial charge in [-0.1, -0.05) is 38.5 Å². The molecule has 7 heteroatoms. The lowest BCUT2D eigenvalue weighted by atomic mass is 9.97. The molecule has 0 heterocycles. The van der Waals surface area contributed by atoms with Crippen molar-refractivity contribution in [3.05, 3.63) is 0 Å². The molecule has 0 aliphatic rings. The Hall–Kier alpha value is -1.63. The van der Waals surface area contributed by atoms with E-state index in [4.69, 9.17) is 17.2 Å².